The monoisotopic (exact) mass is 391 g/mol. The number of hydrogen-bond donors (Lipinski definition) is 1. The van der Waals surface area contributed by atoms with E-state index in [9.17, 15) is 9.59 Å². The van der Waals surface area contributed by atoms with E-state index in [4.69, 9.17) is 9.47 Å². The summed E-state index contributed by atoms with van der Waals surface area (Å²) >= 11 is 0. The van der Waals surface area contributed by atoms with E-state index in [2.05, 4.69) is 38.2 Å². The molecule has 7 heteroatoms. The van der Waals surface area contributed by atoms with Gasteiger partial charge in [0.15, 0.2) is 0 Å². The molecular formula is C21H33N3O4. The van der Waals surface area contributed by atoms with E-state index in [1.807, 2.05) is 17.0 Å². The molecule has 0 atom stereocenters. The molecule has 1 aromatic carbocycles. The molecule has 0 saturated carbocycles. The van der Waals surface area contributed by atoms with Crippen molar-refractivity contribution in [1.82, 2.24) is 15.1 Å². The van der Waals surface area contributed by atoms with Crippen LogP contribution < -0.4 is 10.1 Å². The molecule has 28 heavy (non-hydrogen) atoms. The Hall–Kier alpha value is -2.28. The van der Waals surface area contributed by atoms with E-state index in [0.717, 1.165) is 5.75 Å². The molecule has 0 bridgehead atoms. The average Bonchev–Trinajstić information content (AvgIpc) is 2.66. The minimum atomic E-state index is -0.278. The predicted octanol–water partition coefficient (Wildman–Crippen LogP) is 2.25. The molecule has 7 nitrogen and oxygen atoms in total. The molecule has 0 spiro atoms. The second-order valence-corrected chi connectivity index (χ2v) is 7.93. The third kappa shape index (κ3) is 7.03. The Morgan fingerprint density at radius 3 is 2.29 bits per heavy atom. The molecule has 0 aliphatic carbocycles. The van der Waals surface area contributed by atoms with Gasteiger partial charge >= 0.3 is 6.09 Å². The van der Waals surface area contributed by atoms with Crippen LogP contribution in [-0.4, -0.2) is 74.3 Å². The summed E-state index contributed by atoms with van der Waals surface area (Å²) < 4.78 is 10.7. The van der Waals surface area contributed by atoms with Crippen LogP contribution in [0.15, 0.2) is 24.3 Å². The van der Waals surface area contributed by atoms with Gasteiger partial charge in [-0.1, -0.05) is 32.9 Å². The minimum Gasteiger partial charge on any atom is -0.492 e. The Labute approximate surface area is 168 Å². The van der Waals surface area contributed by atoms with E-state index in [1.165, 1.54) is 5.56 Å². The zero-order valence-electron chi connectivity index (χ0n) is 17.5. The van der Waals surface area contributed by atoms with Crippen LogP contribution in [0.5, 0.6) is 5.75 Å². The van der Waals surface area contributed by atoms with Crippen molar-refractivity contribution in [1.29, 1.82) is 0 Å². The molecule has 1 aromatic rings. The van der Waals surface area contributed by atoms with Gasteiger partial charge in [-0.2, -0.15) is 0 Å². The first-order valence-corrected chi connectivity index (χ1v) is 9.93. The predicted molar refractivity (Wildman–Crippen MR) is 109 cm³/mol. The molecule has 1 aliphatic heterocycles. The molecule has 1 heterocycles. The first-order chi connectivity index (χ1) is 13.3. The van der Waals surface area contributed by atoms with Gasteiger partial charge in [-0.3, -0.25) is 9.69 Å². The van der Waals surface area contributed by atoms with Crippen molar-refractivity contribution in [3.05, 3.63) is 29.8 Å². The number of benzene rings is 1. The molecule has 1 fully saturated rings. The molecule has 2 amide bonds. The van der Waals surface area contributed by atoms with Crippen LogP contribution in [0, 0.1) is 0 Å². The van der Waals surface area contributed by atoms with Crippen molar-refractivity contribution in [2.45, 2.75) is 33.1 Å². The number of nitrogens with one attached hydrogen (secondary N) is 1. The topological polar surface area (TPSA) is 71.1 Å². The van der Waals surface area contributed by atoms with Crippen molar-refractivity contribution in [3.63, 3.8) is 0 Å². The van der Waals surface area contributed by atoms with Gasteiger partial charge in [-0.15, -0.1) is 0 Å². The molecule has 0 radical (unpaired) electrons. The number of rotatable bonds is 7. The van der Waals surface area contributed by atoms with Crippen molar-refractivity contribution >= 4 is 12.0 Å². The Bertz CT molecular complexity index is 632. The standard InChI is InChI=1S/C21H33N3O4/c1-5-27-20(26)24-13-11-23(12-14-24)16-19(25)22-10-15-28-18-8-6-17(7-9-18)21(2,3)4/h6-9H,5,10-16H2,1-4H3,(H,22,25). The zero-order chi connectivity index (χ0) is 20.6. The van der Waals surface area contributed by atoms with Crippen molar-refractivity contribution in [2.24, 2.45) is 0 Å². The average molecular weight is 392 g/mol. The van der Waals surface area contributed by atoms with Crippen LogP contribution in [0.3, 0.4) is 0 Å². The summed E-state index contributed by atoms with van der Waals surface area (Å²) in [4.78, 5) is 27.5. The van der Waals surface area contributed by atoms with Crippen LogP contribution in [0.1, 0.15) is 33.3 Å². The van der Waals surface area contributed by atoms with Crippen LogP contribution in [0.4, 0.5) is 4.79 Å². The summed E-state index contributed by atoms with van der Waals surface area (Å²) in [6.45, 7) is 12.4. The normalized spacial score (nSPS) is 15.2. The van der Waals surface area contributed by atoms with Crippen molar-refractivity contribution in [3.8, 4) is 5.75 Å². The lowest BCUT2D eigenvalue weighted by molar-refractivity contribution is -0.122. The minimum absolute atomic E-state index is 0.0312. The van der Waals surface area contributed by atoms with Crippen molar-refractivity contribution < 1.29 is 19.1 Å². The van der Waals surface area contributed by atoms with Crippen LogP contribution >= 0.6 is 0 Å². The van der Waals surface area contributed by atoms with Gasteiger partial charge in [0.05, 0.1) is 19.7 Å². The van der Waals surface area contributed by atoms with Crippen LogP contribution in [-0.2, 0) is 14.9 Å². The maximum absolute atomic E-state index is 12.1. The fourth-order valence-corrected chi connectivity index (χ4v) is 2.97. The second-order valence-electron chi connectivity index (χ2n) is 7.93. The van der Waals surface area contributed by atoms with E-state index in [0.29, 0.717) is 52.5 Å². The molecule has 1 N–H and O–H groups in total. The first kappa shape index (κ1) is 22.0. The van der Waals surface area contributed by atoms with Gasteiger partial charge in [0.25, 0.3) is 0 Å². The summed E-state index contributed by atoms with van der Waals surface area (Å²) in [5, 5.41) is 2.88. The third-order valence-corrected chi connectivity index (χ3v) is 4.68. The number of nitrogens with zero attached hydrogens (tertiary/aromatic N) is 2. The van der Waals surface area contributed by atoms with Gasteiger partial charge in [-0.25, -0.2) is 4.79 Å². The Kier molecular flexibility index (Phi) is 8.11. The lowest BCUT2D eigenvalue weighted by atomic mass is 9.87. The summed E-state index contributed by atoms with van der Waals surface area (Å²) in [6.07, 6.45) is -0.278. The number of hydrogen-bond acceptors (Lipinski definition) is 5. The maximum atomic E-state index is 12.1. The largest absolute Gasteiger partial charge is 0.492 e. The fraction of sp³-hybridized carbons (Fsp3) is 0.619. The third-order valence-electron chi connectivity index (χ3n) is 4.68. The molecule has 1 aliphatic rings. The number of carbonyl (C=O) groups is 2. The van der Waals surface area contributed by atoms with E-state index >= 15 is 0 Å². The van der Waals surface area contributed by atoms with Gasteiger partial charge in [-0.05, 0) is 30.0 Å². The highest BCUT2D eigenvalue weighted by molar-refractivity contribution is 5.78. The molecular weight excluding hydrogens is 358 g/mol. The van der Waals surface area contributed by atoms with Gasteiger partial charge in [0.1, 0.15) is 12.4 Å². The summed E-state index contributed by atoms with van der Waals surface area (Å²) in [5.74, 6) is 0.772. The first-order valence-electron chi connectivity index (χ1n) is 9.93. The SMILES string of the molecule is CCOC(=O)N1CCN(CC(=O)NCCOc2ccc(C(C)(C)C)cc2)CC1. The number of amides is 2. The van der Waals surface area contributed by atoms with E-state index in [1.54, 1.807) is 11.8 Å². The summed E-state index contributed by atoms with van der Waals surface area (Å²) in [5.41, 5.74) is 1.38. The van der Waals surface area contributed by atoms with Gasteiger partial charge in [0.2, 0.25) is 5.91 Å². The Morgan fingerprint density at radius 1 is 1.07 bits per heavy atom. The van der Waals surface area contributed by atoms with Gasteiger partial charge < -0.3 is 19.7 Å². The second kappa shape index (κ2) is 10.3. The lowest BCUT2D eigenvalue weighted by Crippen LogP contribution is -2.51. The summed E-state index contributed by atoms with van der Waals surface area (Å²) in [7, 11) is 0. The lowest BCUT2D eigenvalue weighted by Gasteiger charge is -2.33. The van der Waals surface area contributed by atoms with E-state index in [-0.39, 0.29) is 17.4 Å². The molecule has 2 rings (SSSR count). The molecule has 0 aromatic heterocycles. The van der Waals surface area contributed by atoms with E-state index < -0.39 is 0 Å². The number of carbonyl (C=O) groups excluding carboxylic acids is 2. The van der Waals surface area contributed by atoms with Crippen LogP contribution in [0.25, 0.3) is 0 Å². The van der Waals surface area contributed by atoms with Gasteiger partial charge in [0, 0.05) is 26.2 Å². The molecule has 156 valence electrons. The molecule has 1 saturated heterocycles. The summed E-state index contributed by atoms with van der Waals surface area (Å²) in [6, 6.07) is 8.07. The smallest absolute Gasteiger partial charge is 0.409 e. The maximum Gasteiger partial charge on any atom is 0.409 e. The highest BCUT2D eigenvalue weighted by atomic mass is 16.6. The van der Waals surface area contributed by atoms with Crippen molar-refractivity contribution in [2.75, 3.05) is 52.5 Å². The highest BCUT2D eigenvalue weighted by Crippen LogP contribution is 2.24. The highest BCUT2D eigenvalue weighted by Gasteiger charge is 2.22. The quantitative estimate of drug-likeness (QED) is 0.722. The number of piperazine rings is 1. The Balaban J connectivity index is 1.61. The Morgan fingerprint density at radius 2 is 1.71 bits per heavy atom. The fourth-order valence-electron chi connectivity index (χ4n) is 2.97. The number of ether oxygens (including phenoxy) is 2. The molecule has 0 unspecified atom stereocenters. The zero-order valence-corrected chi connectivity index (χ0v) is 17.5. The van der Waals surface area contributed by atoms with Crippen LogP contribution in [0.2, 0.25) is 0 Å².